The van der Waals surface area contributed by atoms with Crippen molar-refractivity contribution in [1.82, 2.24) is 4.90 Å². The van der Waals surface area contributed by atoms with E-state index in [9.17, 15) is 27.6 Å². The molecule has 3 aliphatic heterocycles. The lowest BCUT2D eigenvalue weighted by Crippen LogP contribution is -2.46. The summed E-state index contributed by atoms with van der Waals surface area (Å²) in [6.07, 6.45) is -1.07. The molecule has 9 heteroatoms. The van der Waals surface area contributed by atoms with Gasteiger partial charge in [0.05, 0.1) is 29.1 Å². The average Bonchev–Trinajstić information content (AvgIpc) is 3.44. The summed E-state index contributed by atoms with van der Waals surface area (Å²) in [5, 5.41) is 4.17. The molecule has 0 aromatic heterocycles. The fraction of sp³-hybridized carbons (Fsp3) is 0.156. The molecular formula is C32H22F3N3O3. The van der Waals surface area contributed by atoms with Gasteiger partial charge in [-0.2, -0.15) is 13.2 Å². The maximum atomic E-state index is 14.2. The molecule has 3 amide bonds. The van der Waals surface area contributed by atoms with Gasteiger partial charge in [-0.25, -0.2) is 4.90 Å². The Morgan fingerprint density at radius 1 is 0.805 bits per heavy atom. The van der Waals surface area contributed by atoms with Crippen LogP contribution in [0.3, 0.4) is 0 Å². The Bertz CT molecular complexity index is 1780. The van der Waals surface area contributed by atoms with Crippen molar-refractivity contribution >= 4 is 45.9 Å². The summed E-state index contributed by atoms with van der Waals surface area (Å²) in [4.78, 5) is 45.1. The summed E-state index contributed by atoms with van der Waals surface area (Å²) in [5.74, 6) is -3.50. The molecule has 41 heavy (non-hydrogen) atoms. The maximum Gasteiger partial charge on any atom is 0.416 e. The van der Waals surface area contributed by atoms with Crippen molar-refractivity contribution in [3.63, 3.8) is 0 Å². The van der Waals surface area contributed by atoms with Crippen LogP contribution in [0.25, 0.3) is 16.8 Å². The molecule has 4 aromatic carbocycles. The molecule has 0 saturated carbocycles. The molecule has 0 radical (unpaired) electrons. The zero-order chi connectivity index (χ0) is 28.5. The van der Waals surface area contributed by atoms with E-state index in [-0.39, 0.29) is 5.69 Å². The van der Waals surface area contributed by atoms with Gasteiger partial charge in [0, 0.05) is 17.3 Å². The summed E-state index contributed by atoms with van der Waals surface area (Å²) in [7, 11) is 0. The van der Waals surface area contributed by atoms with Gasteiger partial charge < -0.3 is 10.2 Å². The van der Waals surface area contributed by atoms with E-state index in [0.717, 1.165) is 34.0 Å². The zero-order valence-corrected chi connectivity index (χ0v) is 21.4. The molecule has 1 N–H and O–H groups in total. The van der Waals surface area contributed by atoms with Gasteiger partial charge in [-0.15, -0.1) is 0 Å². The monoisotopic (exact) mass is 553 g/mol. The Balaban J connectivity index is 1.32. The first-order valence-electron chi connectivity index (χ1n) is 13.1. The predicted molar refractivity (Wildman–Crippen MR) is 147 cm³/mol. The van der Waals surface area contributed by atoms with Crippen molar-refractivity contribution in [1.29, 1.82) is 0 Å². The molecule has 7 rings (SSSR count). The summed E-state index contributed by atoms with van der Waals surface area (Å²) in [6.45, 7) is 0. The molecule has 204 valence electrons. The molecular weight excluding hydrogens is 531 g/mol. The van der Waals surface area contributed by atoms with Gasteiger partial charge >= 0.3 is 6.18 Å². The van der Waals surface area contributed by atoms with Crippen LogP contribution in [0.2, 0.25) is 0 Å². The molecule has 2 fully saturated rings. The van der Waals surface area contributed by atoms with Crippen LogP contribution in [0.1, 0.15) is 22.7 Å². The lowest BCUT2D eigenvalue weighted by molar-refractivity contribution is -0.137. The van der Waals surface area contributed by atoms with Crippen molar-refractivity contribution in [2.45, 2.75) is 18.3 Å². The molecule has 2 saturated heterocycles. The van der Waals surface area contributed by atoms with Gasteiger partial charge in [-0.05, 0) is 46.9 Å². The molecule has 4 aromatic rings. The van der Waals surface area contributed by atoms with Crippen LogP contribution in [0, 0.1) is 11.8 Å². The predicted octanol–water partition coefficient (Wildman–Crippen LogP) is 6.01. The van der Waals surface area contributed by atoms with Gasteiger partial charge in [-0.1, -0.05) is 66.7 Å². The number of alkyl halides is 3. The second-order valence-electron chi connectivity index (χ2n) is 10.4. The van der Waals surface area contributed by atoms with Crippen LogP contribution in [0.5, 0.6) is 0 Å². The molecule has 3 aliphatic rings. The largest absolute Gasteiger partial charge is 0.416 e. The number of imide groups is 1. The highest BCUT2D eigenvalue weighted by Gasteiger charge is 2.64. The van der Waals surface area contributed by atoms with Gasteiger partial charge in [0.25, 0.3) is 0 Å². The number of amides is 3. The number of anilines is 2. The van der Waals surface area contributed by atoms with E-state index in [1.165, 1.54) is 17.0 Å². The Morgan fingerprint density at radius 3 is 2.34 bits per heavy atom. The number of nitrogens with zero attached hydrogens (tertiary/aromatic N) is 2. The van der Waals surface area contributed by atoms with E-state index in [1.807, 2.05) is 60.7 Å². The molecule has 0 spiro atoms. The van der Waals surface area contributed by atoms with E-state index in [4.69, 9.17) is 0 Å². The standard InChI is InChI=1S/C32H22F3N3O3/c33-32(34,35)20-10-6-11-21(17-20)36-29(39)28-26-25(27-23-13-4-2-8-19(23)15-16-37(27)28)30(40)38(31(26)41)24-14-5-9-18-7-1-3-12-22(18)24/h1-17,25-28H,(H,36,39)/t25-,26+,27+,28-/m0/s1. The number of hydrogen-bond acceptors (Lipinski definition) is 4. The number of nitrogens with one attached hydrogen (secondary N) is 1. The maximum absolute atomic E-state index is 14.2. The first kappa shape index (κ1) is 25.1. The normalized spacial score (nSPS) is 23.0. The van der Waals surface area contributed by atoms with E-state index in [0.29, 0.717) is 5.69 Å². The fourth-order valence-corrected chi connectivity index (χ4v) is 6.49. The lowest BCUT2D eigenvalue weighted by Gasteiger charge is -2.35. The number of hydrogen-bond donors (Lipinski definition) is 1. The van der Waals surface area contributed by atoms with Crippen LogP contribution < -0.4 is 10.2 Å². The van der Waals surface area contributed by atoms with Gasteiger partial charge in [0.2, 0.25) is 17.7 Å². The summed E-state index contributed by atoms with van der Waals surface area (Å²) in [5.41, 5.74) is 1.17. The van der Waals surface area contributed by atoms with Gasteiger partial charge in [-0.3, -0.25) is 14.4 Å². The zero-order valence-electron chi connectivity index (χ0n) is 21.4. The quantitative estimate of drug-likeness (QED) is 0.316. The minimum Gasteiger partial charge on any atom is -0.357 e. The molecule has 6 nitrogen and oxygen atoms in total. The third kappa shape index (κ3) is 3.83. The van der Waals surface area contributed by atoms with Crippen molar-refractivity contribution in [2.24, 2.45) is 11.8 Å². The number of rotatable bonds is 3. The van der Waals surface area contributed by atoms with Crippen LogP contribution in [-0.2, 0) is 20.6 Å². The Labute approximate surface area is 232 Å². The highest BCUT2D eigenvalue weighted by Crippen LogP contribution is 2.53. The third-order valence-electron chi connectivity index (χ3n) is 8.20. The number of carbonyl (C=O) groups is 3. The molecule has 0 aliphatic carbocycles. The van der Waals surface area contributed by atoms with E-state index < -0.39 is 53.4 Å². The second kappa shape index (κ2) is 9.05. The SMILES string of the molecule is O=C(Nc1cccc(C(F)(F)F)c1)[C@@H]1[C@@H]2C(=O)N(c3cccc4ccccc34)C(=O)[C@@H]2[C@H]2c3ccccc3C=CN12. The highest BCUT2D eigenvalue weighted by atomic mass is 19.4. The van der Waals surface area contributed by atoms with Gasteiger partial charge in [0.1, 0.15) is 6.04 Å². The Hall–Kier alpha value is -4.92. The summed E-state index contributed by atoms with van der Waals surface area (Å²) < 4.78 is 40.0. The summed E-state index contributed by atoms with van der Waals surface area (Å²) in [6, 6.07) is 22.9. The lowest BCUT2D eigenvalue weighted by atomic mass is 9.84. The third-order valence-corrected chi connectivity index (χ3v) is 8.20. The molecule has 3 heterocycles. The van der Waals surface area contributed by atoms with Gasteiger partial charge in [0.15, 0.2) is 0 Å². The van der Waals surface area contributed by atoms with Crippen LogP contribution in [0.4, 0.5) is 24.5 Å². The average molecular weight is 554 g/mol. The molecule has 0 unspecified atom stereocenters. The van der Waals surface area contributed by atoms with Crippen LogP contribution in [-0.4, -0.2) is 28.7 Å². The van der Waals surface area contributed by atoms with E-state index in [1.54, 1.807) is 23.2 Å². The first-order valence-corrected chi connectivity index (χ1v) is 13.1. The van der Waals surface area contributed by atoms with Crippen molar-refractivity contribution < 1.29 is 27.6 Å². The number of benzene rings is 4. The summed E-state index contributed by atoms with van der Waals surface area (Å²) >= 11 is 0. The topological polar surface area (TPSA) is 69.7 Å². The Morgan fingerprint density at radius 2 is 1.51 bits per heavy atom. The number of fused-ring (bicyclic) bond motifs is 6. The van der Waals surface area contributed by atoms with Crippen LogP contribution in [0.15, 0.2) is 97.2 Å². The second-order valence-corrected chi connectivity index (χ2v) is 10.4. The van der Waals surface area contributed by atoms with E-state index >= 15 is 0 Å². The highest BCUT2D eigenvalue weighted by molar-refractivity contribution is 6.26. The smallest absolute Gasteiger partial charge is 0.357 e. The van der Waals surface area contributed by atoms with Crippen molar-refractivity contribution in [2.75, 3.05) is 10.2 Å². The molecule has 4 atom stereocenters. The minimum absolute atomic E-state index is 0.0473. The fourth-order valence-electron chi connectivity index (χ4n) is 6.49. The first-order chi connectivity index (χ1) is 19.7. The Kier molecular flexibility index (Phi) is 5.54. The van der Waals surface area contributed by atoms with Crippen molar-refractivity contribution in [3.05, 3.63) is 114 Å². The minimum atomic E-state index is -4.59. The van der Waals surface area contributed by atoms with Crippen molar-refractivity contribution in [3.8, 4) is 0 Å². The number of halogens is 3. The van der Waals surface area contributed by atoms with E-state index in [2.05, 4.69) is 5.32 Å². The molecule has 0 bridgehead atoms. The van der Waals surface area contributed by atoms with Crippen LogP contribution >= 0.6 is 0 Å². The number of carbonyl (C=O) groups excluding carboxylic acids is 3.